The van der Waals surface area contributed by atoms with Crippen LogP contribution in [0.5, 0.6) is 0 Å². The summed E-state index contributed by atoms with van der Waals surface area (Å²) >= 11 is 3.21. The fourth-order valence-corrected chi connectivity index (χ4v) is 2.06. The second-order valence-electron chi connectivity index (χ2n) is 4.14. The highest BCUT2D eigenvalue weighted by molar-refractivity contribution is 9.10. The lowest BCUT2D eigenvalue weighted by molar-refractivity contribution is 0.0992. The zero-order chi connectivity index (χ0) is 15.6. The molecule has 7 heteroatoms. The molecular formula is C14H9BrF2N2O2. The molecule has 0 bridgehead atoms. The van der Waals surface area contributed by atoms with E-state index in [4.69, 9.17) is 5.73 Å². The van der Waals surface area contributed by atoms with E-state index >= 15 is 0 Å². The molecular weight excluding hydrogens is 346 g/mol. The molecule has 21 heavy (non-hydrogen) atoms. The summed E-state index contributed by atoms with van der Waals surface area (Å²) in [7, 11) is 0. The van der Waals surface area contributed by atoms with Gasteiger partial charge in [0.15, 0.2) is 0 Å². The van der Waals surface area contributed by atoms with Gasteiger partial charge in [0.05, 0.1) is 11.3 Å². The Morgan fingerprint density at radius 2 is 1.81 bits per heavy atom. The molecule has 0 saturated carbocycles. The van der Waals surface area contributed by atoms with Gasteiger partial charge in [0.2, 0.25) is 0 Å². The van der Waals surface area contributed by atoms with Gasteiger partial charge in [-0.1, -0.05) is 22.0 Å². The van der Waals surface area contributed by atoms with E-state index in [1.165, 1.54) is 12.1 Å². The second-order valence-corrected chi connectivity index (χ2v) is 5.06. The number of hydrogen-bond donors (Lipinski definition) is 2. The van der Waals surface area contributed by atoms with Gasteiger partial charge in [-0.25, -0.2) is 8.78 Å². The number of nitrogens with one attached hydrogen (secondary N) is 1. The molecule has 108 valence electrons. The van der Waals surface area contributed by atoms with Crippen molar-refractivity contribution in [1.29, 1.82) is 0 Å². The summed E-state index contributed by atoms with van der Waals surface area (Å²) in [5, 5.41) is 2.27. The normalized spacial score (nSPS) is 10.2. The first-order valence-corrected chi connectivity index (χ1v) is 6.53. The molecule has 0 unspecified atom stereocenters. The lowest BCUT2D eigenvalue weighted by atomic mass is 10.1. The summed E-state index contributed by atoms with van der Waals surface area (Å²) in [5.41, 5.74) is 4.42. The molecule has 0 aliphatic carbocycles. The van der Waals surface area contributed by atoms with Gasteiger partial charge in [-0.2, -0.15) is 0 Å². The molecule has 2 aromatic rings. The third kappa shape index (κ3) is 3.43. The van der Waals surface area contributed by atoms with Crippen LogP contribution in [0.15, 0.2) is 40.9 Å². The Morgan fingerprint density at radius 3 is 2.43 bits per heavy atom. The number of primary amides is 1. The first-order chi connectivity index (χ1) is 9.88. The molecule has 2 aromatic carbocycles. The monoisotopic (exact) mass is 354 g/mol. The lowest BCUT2D eigenvalue weighted by Gasteiger charge is -2.09. The minimum absolute atomic E-state index is 0.272. The largest absolute Gasteiger partial charge is 0.366 e. The van der Waals surface area contributed by atoms with Gasteiger partial charge in [-0.3, -0.25) is 9.59 Å². The number of rotatable bonds is 3. The highest BCUT2D eigenvalue weighted by Crippen LogP contribution is 2.21. The maximum absolute atomic E-state index is 13.6. The quantitative estimate of drug-likeness (QED) is 0.888. The lowest BCUT2D eigenvalue weighted by Crippen LogP contribution is -2.17. The molecule has 4 nitrogen and oxygen atoms in total. The SMILES string of the molecule is NC(=O)c1cc(NC(=O)c2cccc(Br)c2)c(F)cc1F. The van der Waals surface area contributed by atoms with E-state index in [1.54, 1.807) is 12.1 Å². The molecule has 0 aromatic heterocycles. The number of hydrogen-bond acceptors (Lipinski definition) is 2. The highest BCUT2D eigenvalue weighted by Gasteiger charge is 2.16. The Hall–Kier alpha value is -2.28. The maximum atomic E-state index is 13.6. The number of amides is 2. The van der Waals surface area contributed by atoms with Gasteiger partial charge >= 0.3 is 0 Å². The number of carbonyl (C=O) groups is 2. The zero-order valence-corrected chi connectivity index (χ0v) is 12.1. The molecule has 0 fully saturated rings. The van der Waals surface area contributed by atoms with E-state index in [2.05, 4.69) is 21.2 Å². The molecule has 2 amide bonds. The van der Waals surface area contributed by atoms with Crippen LogP contribution < -0.4 is 11.1 Å². The molecule has 0 spiro atoms. The maximum Gasteiger partial charge on any atom is 0.255 e. The molecule has 0 atom stereocenters. The molecule has 0 aliphatic rings. The average Bonchev–Trinajstić information content (AvgIpc) is 2.41. The van der Waals surface area contributed by atoms with Crippen LogP contribution in [-0.4, -0.2) is 11.8 Å². The van der Waals surface area contributed by atoms with Gasteiger partial charge in [-0.15, -0.1) is 0 Å². The summed E-state index contributed by atoms with van der Waals surface area (Å²) in [4.78, 5) is 23.0. The van der Waals surface area contributed by atoms with E-state index in [-0.39, 0.29) is 11.3 Å². The third-order valence-corrected chi connectivity index (χ3v) is 3.15. The number of carbonyl (C=O) groups excluding carboxylic acids is 2. The molecule has 0 heterocycles. The van der Waals surface area contributed by atoms with Crippen molar-refractivity contribution in [2.75, 3.05) is 5.32 Å². The Kier molecular flexibility index (Phi) is 4.32. The van der Waals surface area contributed by atoms with E-state index in [9.17, 15) is 18.4 Å². The molecule has 0 radical (unpaired) electrons. The van der Waals surface area contributed by atoms with Crippen molar-refractivity contribution in [1.82, 2.24) is 0 Å². The van der Waals surface area contributed by atoms with Crippen molar-refractivity contribution >= 4 is 33.4 Å². The molecule has 0 aliphatic heterocycles. The predicted molar refractivity (Wildman–Crippen MR) is 77.0 cm³/mol. The van der Waals surface area contributed by atoms with Crippen molar-refractivity contribution < 1.29 is 18.4 Å². The van der Waals surface area contributed by atoms with E-state index in [0.717, 1.165) is 6.07 Å². The number of halogens is 3. The standard InChI is InChI=1S/C14H9BrF2N2O2/c15-8-3-1-2-7(4-8)14(21)19-12-5-9(13(18)20)10(16)6-11(12)17/h1-6H,(H2,18,20)(H,19,21). The second kappa shape index (κ2) is 6.01. The van der Waals surface area contributed by atoms with Crippen molar-refractivity contribution in [3.8, 4) is 0 Å². The average molecular weight is 355 g/mol. The fraction of sp³-hybridized carbons (Fsp3) is 0. The van der Waals surface area contributed by atoms with Crippen LogP contribution in [0, 0.1) is 11.6 Å². The van der Waals surface area contributed by atoms with Crippen LogP contribution in [0.25, 0.3) is 0 Å². The summed E-state index contributed by atoms with van der Waals surface area (Å²) in [5.74, 6) is -3.73. The Bertz CT molecular complexity index is 735. The molecule has 2 rings (SSSR count). The van der Waals surface area contributed by atoms with Crippen LogP contribution in [0.4, 0.5) is 14.5 Å². The van der Waals surface area contributed by atoms with E-state index in [1.807, 2.05) is 0 Å². The van der Waals surface area contributed by atoms with E-state index < -0.39 is 29.0 Å². The fourth-order valence-electron chi connectivity index (χ4n) is 1.66. The van der Waals surface area contributed by atoms with Crippen LogP contribution in [0.2, 0.25) is 0 Å². The first-order valence-electron chi connectivity index (χ1n) is 5.74. The van der Waals surface area contributed by atoms with Gasteiger partial charge in [0, 0.05) is 16.1 Å². The van der Waals surface area contributed by atoms with Gasteiger partial charge < -0.3 is 11.1 Å². The van der Waals surface area contributed by atoms with Gasteiger partial charge in [-0.05, 0) is 24.3 Å². The zero-order valence-electron chi connectivity index (χ0n) is 10.5. The van der Waals surface area contributed by atoms with Crippen molar-refractivity contribution in [2.24, 2.45) is 5.73 Å². The van der Waals surface area contributed by atoms with Gasteiger partial charge in [0.1, 0.15) is 11.6 Å². The van der Waals surface area contributed by atoms with Gasteiger partial charge in [0.25, 0.3) is 11.8 Å². The minimum Gasteiger partial charge on any atom is -0.366 e. The van der Waals surface area contributed by atoms with Crippen LogP contribution in [0.3, 0.4) is 0 Å². The molecule has 0 saturated heterocycles. The summed E-state index contributed by atoms with van der Waals surface area (Å²) in [6.07, 6.45) is 0. The first kappa shape index (κ1) is 15.1. The topological polar surface area (TPSA) is 72.2 Å². The Labute approximate surface area is 127 Å². The minimum atomic E-state index is -1.08. The number of anilines is 1. The van der Waals surface area contributed by atoms with Crippen molar-refractivity contribution in [3.63, 3.8) is 0 Å². The van der Waals surface area contributed by atoms with Crippen molar-refractivity contribution in [2.45, 2.75) is 0 Å². The third-order valence-electron chi connectivity index (χ3n) is 2.66. The number of nitrogens with two attached hydrogens (primary N) is 1. The van der Waals surface area contributed by atoms with Crippen LogP contribution in [-0.2, 0) is 0 Å². The number of benzene rings is 2. The summed E-state index contributed by atoms with van der Waals surface area (Å²) in [6, 6.07) is 7.77. The highest BCUT2D eigenvalue weighted by atomic mass is 79.9. The Balaban J connectivity index is 2.33. The van der Waals surface area contributed by atoms with Crippen LogP contribution in [0.1, 0.15) is 20.7 Å². The summed E-state index contributed by atoms with van der Waals surface area (Å²) < 4.78 is 27.6. The smallest absolute Gasteiger partial charge is 0.255 e. The molecule has 3 N–H and O–H groups in total. The summed E-state index contributed by atoms with van der Waals surface area (Å²) in [6.45, 7) is 0. The Morgan fingerprint density at radius 1 is 1.10 bits per heavy atom. The van der Waals surface area contributed by atoms with Crippen LogP contribution >= 0.6 is 15.9 Å². The predicted octanol–water partition coefficient (Wildman–Crippen LogP) is 3.08. The van der Waals surface area contributed by atoms with Crippen molar-refractivity contribution in [3.05, 3.63) is 63.6 Å². The van der Waals surface area contributed by atoms with E-state index in [0.29, 0.717) is 10.5 Å².